The van der Waals surface area contributed by atoms with E-state index in [0.717, 1.165) is 37.4 Å². The molecule has 0 saturated heterocycles. The molecule has 1 rings (SSSR count). The summed E-state index contributed by atoms with van der Waals surface area (Å²) in [4.78, 5) is 0. The molecular weight excluding hydrogens is 202 g/mol. The molecule has 92 valence electrons. The fourth-order valence-corrected chi connectivity index (χ4v) is 1.75. The first kappa shape index (κ1) is 13.2. The Labute approximate surface area is 97.8 Å². The molecule has 0 aliphatic heterocycles. The Balaban J connectivity index is 2.42. The van der Waals surface area contributed by atoms with Crippen LogP contribution in [-0.4, -0.2) is 23.0 Å². The molecule has 16 heavy (non-hydrogen) atoms. The molecule has 0 unspecified atom stereocenters. The van der Waals surface area contributed by atoms with Crippen LogP contribution < -0.4 is 5.73 Å². The Morgan fingerprint density at radius 1 is 1.31 bits per heavy atom. The Bertz CT molecular complexity index is 320. The maximum atomic E-state index is 5.67. The van der Waals surface area contributed by atoms with Gasteiger partial charge in [-0.1, -0.05) is 13.3 Å². The summed E-state index contributed by atoms with van der Waals surface area (Å²) >= 11 is 0. The highest BCUT2D eigenvalue weighted by atomic mass is 16.5. The summed E-state index contributed by atoms with van der Waals surface area (Å²) in [6.07, 6.45) is 2.31. The molecule has 0 aliphatic carbocycles. The predicted molar refractivity (Wildman–Crippen MR) is 65.3 cm³/mol. The van der Waals surface area contributed by atoms with Crippen LogP contribution in [0.5, 0.6) is 0 Å². The van der Waals surface area contributed by atoms with E-state index >= 15 is 0 Å². The van der Waals surface area contributed by atoms with Crippen LogP contribution in [-0.2, 0) is 17.8 Å². The van der Waals surface area contributed by atoms with E-state index in [-0.39, 0.29) is 0 Å². The highest BCUT2D eigenvalue weighted by Crippen LogP contribution is 2.11. The molecule has 0 saturated carbocycles. The Morgan fingerprint density at radius 3 is 2.62 bits per heavy atom. The molecule has 4 nitrogen and oxygen atoms in total. The van der Waals surface area contributed by atoms with E-state index in [9.17, 15) is 0 Å². The van der Waals surface area contributed by atoms with Crippen LogP contribution in [0.15, 0.2) is 0 Å². The zero-order valence-electron chi connectivity index (χ0n) is 10.6. The molecule has 2 N–H and O–H groups in total. The highest BCUT2D eigenvalue weighted by molar-refractivity contribution is 5.23. The fourth-order valence-electron chi connectivity index (χ4n) is 1.75. The number of aromatic nitrogens is 2. The number of aryl methyl sites for hydroxylation is 1. The first-order valence-corrected chi connectivity index (χ1v) is 6.01. The summed E-state index contributed by atoms with van der Waals surface area (Å²) in [5, 5.41) is 4.46. The van der Waals surface area contributed by atoms with Gasteiger partial charge in [0.05, 0.1) is 18.8 Å². The van der Waals surface area contributed by atoms with Crippen LogP contribution >= 0.6 is 0 Å². The zero-order valence-corrected chi connectivity index (χ0v) is 10.6. The van der Waals surface area contributed by atoms with Crippen LogP contribution in [0.25, 0.3) is 0 Å². The maximum absolute atomic E-state index is 5.67. The van der Waals surface area contributed by atoms with E-state index in [1.807, 2.05) is 11.6 Å². The second-order valence-electron chi connectivity index (χ2n) is 4.04. The van der Waals surface area contributed by atoms with Crippen molar-refractivity contribution in [2.45, 2.75) is 46.7 Å². The third-order valence-corrected chi connectivity index (χ3v) is 2.83. The standard InChI is InChI=1S/C12H23N3O/c1-4-5-7-16-8-6-15-11(3)12(9-13)10(2)14-15/h4-9,13H2,1-3H3. The molecule has 0 amide bonds. The lowest BCUT2D eigenvalue weighted by Gasteiger charge is -2.06. The average molecular weight is 225 g/mol. The van der Waals surface area contributed by atoms with E-state index in [0.29, 0.717) is 6.54 Å². The SMILES string of the molecule is CCCCOCCn1nc(C)c(CN)c1C. The number of unbranched alkanes of at least 4 members (excludes halogenated alkanes) is 1. The van der Waals surface area contributed by atoms with Crippen molar-refractivity contribution >= 4 is 0 Å². The minimum absolute atomic E-state index is 0.564. The summed E-state index contributed by atoms with van der Waals surface area (Å²) in [6, 6.07) is 0. The first-order valence-electron chi connectivity index (χ1n) is 6.01. The first-order chi connectivity index (χ1) is 7.70. The van der Waals surface area contributed by atoms with Gasteiger partial charge in [0.15, 0.2) is 0 Å². The molecule has 1 aromatic heterocycles. The molecule has 1 aromatic rings. The van der Waals surface area contributed by atoms with E-state index in [4.69, 9.17) is 10.5 Å². The van der Waals surface area contributed by atoms with Crippen molar-refractivity contribution in [1.82, 2.24) is 9.78 Å². The van der Waals surface area contributed by atoms with Gasteiger partial charge in [0.1, 0.15) is 0 Å². The zero-order chi connectivity index (χ0) is 12.0. The lowest BCUT2D eigenvalue weighted by molar-refractivity contribution is 0.120. The summed E-state index contributed by atoms with van der Waals surface area (Å²) in [7, 11) is 0. The van der Waals surface area contributed by atoms with Gasteiger partial charge in [-0.2, -0.15) is 5.10 Å². The van der Waals surface area contributed by atoms with Crippen molar-refractivity contribution in [2.75, 3.05) is 13.2 Å². The molecule has 0 atom stereocenters. The van der Waals surface area contributed by atoms with Crippen LogP contribution in [0.4, 0.5) is 0 Å². The van der Waals surface area contributed by atoms with Crippen molar-refractivity contribution in [2.24, 2.45) is 5.73 Å². The van der Waals surface area contributed by atoms with Crippen molar-refractivity contribution in [3.8, 4) is 0 Å². The summed E-state index contributed by atoms with van der Waals surface area (Å²) in [5.41, 5.74) is 9.04. The van der Waals surface area contributed by atoms with Gasteiger partial charge in [0, 0.05) is 24.4 Å². The topological polar surface area (TPSA) is 53.1 Å². The molecule has 0 radical (unpaired) electrons. The molecule has 1 heterocycles. The minimum atomic E-state index is 0.564. The largest absolute Gasteiger partial charge is 0.380 e. The lowest BCUT2D eigenvalue weighted by atomic mass is 10.2. The minimum Gasteiger partial charge on any atom is -0.380 e. The summed E-state index contributed by atoms with van der Waals surface area (Å²) in [5.74, 6) is 0. The normalized spacial score (nSPS) is 11.0. The number of nitrogens with two attached hydrogens (primary N) is 1. The van der Waals surface area contributed by atoms with Crippen molar-refractivity contribution in [1.29, 1.82) is 0 Å². The van der Waals surface area contributed by atoms with E-state index in [1.165, 1.54) is 12.1 Å². The van der Waals surface area contributed by atoms with Crippen molar-refractivity contribution in [3.63, 3.8) is 0 Å². The third-order valence-electron chi connectivity index (χ3n) is 2.83. The summed E-state index contributed by atoms with van der Waals surface area (Å²) in [6.45, 7) is 9.19. The Kier molecular flexibility index (Phi) is 5.49. The molecule has 0 aromatic carbocycles. The average Bonchev–Trinajstić information content (AvgIpc) is 2.53. The van der Waals surface area contributed by atoms with Gasteiger partial charge in [-0.05, 0) is 20.3 Å². The maximum Gasteiger partial charge on any atom is 0.0662 e. The molecule has 4 heteroatoms. The van der Waals surface area contributed by atoms with Crippen LogP contribution in [0, 0.1) is 13.8 Å². The summed E-state index contributed by atoms with van der Waals surface area (Å²) < 4.78 is 7.51. The van der Waals surface area contributed by atoms with E-state index in [2.05, 4.69) is 18.9 Å². The van der Waals surface area contributed by atoms with E-state index in [1.54, 1.807) is 0 Å². The molecule has 0 bridgehead atoms. The monoisotopic (exact) mass is 225 g/mol. The third kappa shape index (κ3) is 3.32. The van der Waals surface area contributed by atoms with Crippen LogP contribution in [0.3, 0.4) is 0 Å². The van der Waals surface area contributed by atoms with Crippen molar-refractivity contribution in [3.05, 3.63) is 17.0 Å². The molecule has 0 aliphatic rings. The van der Waals surface area contributed by atoms with Crippen molar-refractivity contribution < 1.29 is 4.74 Å². The van der Waals surface area contributed by atoms with Gasteiger partial charge in [0.25, 0.3) is 0 Å². The smallest absolute Gasteiger partial charge is 0.0662 e. The number of hydrogen-bond donors (Lipinski definition) is 1. The van der Waals surface area contributed by atoms with Crippen LogP contribution in [0.2, 0.25) is 0 Å². The molecule has 0 spiro atoms. The Morgan fingerprint density at radius 2 is 2.06 bits per heavy atom. The second-order valence-corrected chi connectivity index (χ2v) is 4.04. The van der Waals surface area contributed by atoms with Gasteiger partial charge in [-0.15, -0.1) is 0 Å². The van der Waals surface area contributed by atoms with Gasteiger partial charge in [-0.25, -0.2) is 0 Å². The number of ether oxygens (including phenoxy) is 1. The Hall–Kier alpha value is -0.870. The molecular formula is C12H23N3O. The lowest BCUT2D eigenvalue weighted by Crippen LogP contribution is -2.10. The van der Waals surface area contributed by atoms with Gasteiger partial charge in [0.2, 0.25) is 0 Å². The van der Waals surface area contributed by atoms with Gasteiger partial charge in [-0.3, -0.25) is 4.68 Å². The quantitative estimate of drug-likeness (QED) is 0.720. The second kappa shape index (κ2) is 6.66. The number of rotatable bonds is 7. The van der Waals surface area contributed by atoms with Gasteiger partial charge < -0.3 is 10.5 Å². The number of hydrogen-bond acceptors (Lipinski definition) is 3. The van der Waals surface area contributed by atoms with Gasteiger partial charge >= 0.3 is 0 Å². The van der Waals surface area contributed by atoms with Crippen LogP contribution in [0.1, 0.15) is 36.7 Å². The van der Waals surface area contributed by atoms with E-state index < -0.39 is 0 Å². The fraction of sp³-hybridized carbons (Fsp3) is 0.750. The number of nitrogens with zero attached hydrogens (tertiary/aromatic N) is 2. The molecule has 0 fully saturated rings. The highest BCUT2D eigenvalue weighted by Gasteiger charge is 2.08. The predicted octanol–water partition coefficient (Wildman–Crippen LogP) is 1.78.